The first-order valence-corrected chi connectivity index (χ1v) is 29.3. The second-order valence-corrected chi connectivity index (χ2v) is 20.6. The van der Waals surface area contributed by atoms with Crippen LogP contribution in [0.1, 0.15) is 296 Å². The van der Waals surface area contributed by atoms with Gasteiger partial charge in [-0.25, -0.2) is 4.57 Å². The second kappa shape index (κ2) is 50.6. The van der Waals surface area contributed by atoms with Crippen molar-refractivity contribution >= 4 is 13.7 Å². The zero-order valence-electron chi connectivity index (χ0n) is 42.1. The molecule has 0 heterocycles. The van der Waals surface area contributed by atoms with Crippen LogP contribution >= 0.6 is 7.82 Å². The highest BCUT2D eigenvalue weighted by Gasteiger charge is 2.27. The van der Waals surface area contributed by atoms with Crippen LogP contribution < -0.4 is 11.1 Å². The molecule has 376 valence electrons. The van der Waals surface area contributed by atoms with Crippen molar-refractivity contribution in [1.29, 1.82) is 0 Å². The average molecular weight is 913 g/mol. The van der Waals surface area contributed by atoms with Crippen molar-refractivity contribution in [1.82, 2.24) is 5.32 Å². The van der Waals surface area contributed by atoms with Crippen LogP contribution in [-0.2, 0) is 18.4 Å². The Balaban J connectivity index is 3.89. The molecule has 63 heavy (non-hydrogen) atoms. The molecule has 1 unspecified atom stereocenters. The van der Waals surface area contributed by atoms with Crippen LogP contribution in [0.5, 0.6) is 0 Å². The number of allylic oxidation sites excluding steroid dienone is 1. The third-order valence-electron chi connectivity index (χ3n) is 12.9. The molecule has 0 aromatic carbocycles. The molecule has 0 radical (unpaired) electrons. The minimum Gasteiger partial charge on any atom is -0.387 e. The van der Waals surface area contributed by atoms with E-state index in [1.807, 2.05) is 6.08 Å². The van der Waals surface area contributed by atoms with Crippen LogP contribution in [0, 0.1) is 0 Å². The van der Waals surface area contributed by atoms with Crippen LogP contribution in [-0.4, -0.2) is 47.8 Å². The first kappa shape index (κ1) is 62.2. The number of nitrogens with two attached hydrogens (primary N) is 1. The Morgan fingerprint density at radius 3 is 1.13 bits per heavy atom. The van der Waals surface area contributed by atoms with Gasteiger partial charge in [0.25, 0.3) is 0 Å². The lowest BCUT2D eigenvalue weighted by atomic mass is 10.0. The fourth-order valence-electron chi connectivity index (χ4n) is 8.67. The molecule has 0 rings (SSSR count). The lowest BCUT2D eigenvalue weighted by molar-refractivity contribution is -0.123. The van der Waals surface area contributed by atoms with Gasteiger partial charge in [-0.1, -0.05) is 283 Å². The largest absolute Gasteiger partial charge is 0.472 e. The van der Waals surface area contributed by atoms with Gasteiger partial charge >= 0.3 is 7.82 Å². The SMILES string of the molecule is CCCCCCCCCCCCCCC/C=C/[C@@H](O)[C@H](COP(=O)(O)OCCN)NC(=O)CCCCCCCCCCCCCCCCCCCCCCCCCCCCCCC. The van der Waals surface area contributed by atoms with Crippen LogP contribution in [0.4, 0.5) is 0 Å². The smallest absolute Gasteiger partial charge is 0.387 e. The lowest BCUT2D eigenvalue weighted by Gasteiger charge is -2.23. The van der Waals surface area contributed by atoms with Crippen molar-refractivity contribution in [2.24, 2.45) is 5.73 Å². The van der Waals surface area contributed by atoms with Gasteiger partial charge in [-0.3, -0.25) is 13.8 Å². The summed E-state index contributed by atoms with van der Waals surface area (Å²) in [5.74, 6) is -0.187. The number of carbonyl (C=O) groups excluding carboxylic acids is 1. The van der Waals surface area contributed by atoms with Crippen LogP contribution in [0.2, 0.25) is 0 Å². The van der Waals surface area contributed by atoms with Gasteiger partial charge < -0.3 is 21.1 Å². The summed E-state index contributed by atoms with van der Waals surface area (Å²) in [5.41, 5.74) is 5.40. The van der Waals surface area contributed by atoms with Gasteiger partial charge in [0.05, 0.1) is 25.4 Å². The van der Waals surface area contributed by atoms with Gasteiger partial charge in [-0.05, 0) is 19.3 Å². The molecule has 0 aliphatic carbocycles. The van der Waals surface area contributed by atoms with E-state index in [-0.39, 0.29) is 25.7 Å². The van der Waals surface area contributed by atoms with Crippen molar-refractivity contribution in [3.63, 3.8) is 0 Å². The monoisotopic (exact) mass is 913 g/mol. The maximum atomic E-state index is 12.8. The number of hydrogen-bond acceptors (Lipinski definition) is 6. The molecule has 1 amide bonds. The molecule has 0 aromatic rings. The van der Waals surface area contributed by atoms with Crippen LogP contribution in [0.3, 0.4) is 0 Å². The Kier molecular flexibility index (Phi) is 50.0. The third kappa shape index (κ3) is 49.0. The maximum Gasteiger partial charge on any atom is 0.472 e. The molecule has 0 spiro atoms. The normalized spacial score (nSPS) is 13.8. The van der Waals surface area contributed by atoms with E-state index in [2.05, 4.69) is 19.2 Å². The second-order valence-electron chi connectivity index (χ2n) is 19.2. The van der Waals surface area contributed by atoms with Crippen molar-refractivity contribution in [2.75, 3.05) is 19.8 Å². The molecule has 3 atom stereocenters. The molecule has 0 aromatic heterocycles. The summed E-state index contributed by atoms with van der Waals surface area (Å²) in [6, 6.07) is -0.856. The molecule has 0 saturated heterocycles. The molecule has 9 heteroatoms. The van der Waals surface area contributed by atoms with Crippen molar-refractivity contribution in [2.45, 2.75) is 309 Å². The zero-order valence-corrected chi connectivity index (χ0v) is 43.0. The fraction of sp³-hybridized carbons (Fsp3) is 0.944. The standard InChI is InChI=1S/C54H109N2O6P/c1-3-5-7-9-11-13-15-17-19-20-21-22-23-24-25-26-27-28-29-30-31-32-34-36-38-40-42-44-46-48-54(58)56-52(51-62-63(59,60)61-50-49-55)53(57)47-45-43-41-39-37-35-33-18-16-14-12-10-8-6-4-2/h45,47,52-53,57H,3-44,46,48-51,55H2,1-2H3,(H,56,58)(H,59,60)/b47-45+/t52-,53+/m0/s1. The fourth-order valence-corrected chi connectivity index (χ4v) is 9.43. The summed E-state index contributed by atoms with van der Waals surface area (Å²) in [6.45, 7) is 4.18. The predicted octanol–water partition coefficient (Wildman–Crippen LogP) is 16.7. The summed E-state index contributed by atoms with van der Waals surface area (Å²) in [4.78, 5) is 22.8. The highest BCUT2D eigenvalue weighted by molar-refractivity contribution is 7.47. The molecular weight excluding hydrogens is 804 g/mol. The van der Waals surface area contributed by atoms with Crippen molar-refractivity contribution in [3.05, 3.63) is 12.2 Å². The topological polar surface area (TPSA) is 131 Å². The van der Waals surface area contributed by atoms with E-state index in [0.717, 1.165) is 38.5 Å². The number of amides is 1. The number of phosphoric ester groups is 1. The minimum absolute atomic E-state index is 0.0817. The summed E-state index contributed by atoms with van der Waals surface area (Å²) < 4.78 is 22.2. The molecular formula is C54H109N2O6P. The Labute approximate surface area is 392 Å². The van der Waals surface area contributed by atoms with Crippen LogP contribution in [0.25, 0.3) is 0 Å². The molecule has 8 nitrogen and oxygen atoms in total. The van der Waals surface area contributed by atoms with E-state index < -0.39 is 20.0 Å². The van der Waals surface area contributed by atoms with Gasteiger partial charge in [0.2, 0.25) is 5.91 Å². The Bertz CT molecular complexity index is 999. The van der Waals surface area contributed by atoms with Crippen molar-refractivity contribution < 1.29 is 28.4 Å². The van der Waals surface area contributed by atoms with E-state index >= 15 is 0 Å². The third-order valence-corrected chi connectivity index (χ3v) is 13.8. The highest BCUT2D eigenvalue weighted by Crippen LogP contribution is 2.43. The lowest BCUT2D eigenvalue weighted by Crippen LogP contribution is -2.45. The van der Waals surface area contributed by atoms with E-state index in [9.17, 15) is 19.4 Å². The number of nitrogens with one attached hydrogen (secondary N) is 1. The minimum atomic E-state index is -4.34. The number of unbranched alkanes of at least 4 members (excludes halogenated alkanes) is 41. The first-order valence-electron chi connectivity index (χ1n) is 27.8. The van der Waals surface area contributed by atoms with Gasteiger partial charge in [0.15, 0.2) is 0 Å². The van der Waals surface area contributed by atoms with Gasteiger partial charge in [-0.15, -0.1) is 0 Å². The number of aliphatic hydroxyl groups excluding tert-OH is 1. The summed E-state index contributed by atoms with van der Waals surface area (Å²) in [5, 5.41) is 13.7. The molecule has 0 saturated carbocycles. The van der Waals surface area contributed by atoms with Gasteiger partial charge in [0, 0.05) is 13.0 Å². The summed E-state index contributed by atoms with van der Waals surface area (Å²) >= 11 is 0. The Hall–Kier alpha value is -0.760. The molecule has 0 bridgehead atoms. The van der Waals surface area contributed by atoms with Crippen LogP contribution in [0.15, 0.2) is 12.2 Å². The number of rotatable bonds is 53. The van der Waals surface area contributed by atoms with E-state index in [4.69, 9.17) is 14.8 Å². The van der Waals surface area contributed by atoms with E-state index in [0.29, 0.717) is 6.42 Å². The number of hydrogen-bond donors (Lipinski definition) is 4. The quantitative estimate of drug-likeness (QED) is 0.0271. The van der Waals surface area contributed by atoms with Crippen molar-refractivity contribution in [3.8, 4) is 0 Å². The van der Waals surface area contributed by atoms with Gasteiger partial charge in [0.1, 0.15) is 0 Å². The molecule has 0 aliphatic rings. The average Bonchev–Trinajstić information content (AvgIpc) is 3.27. The van der Waals surface area contributed by atoms with Gasteiger partial charge in [-0.2, -0.15) is 0 Å². The number of carbonyl (C=O) groups is 1. The van der Waals surface area contributed by atoms with E-state index in [1.165, 1.54) is 238 Å². The Morgan fingerprint density at radius 2 is 0.810 bits per heavy atom. The maximum absolute atomic E-state index is 12.8. The summed E-state index contributed by atoms with van der Waals surface area (Å²) in [6.07, 6.45) is 60.1. The molecule has 0 aliphatic heterocycles. The number of phosphoric acid groups is 1. The number of aliphatic hydroxyl groups is 1. The summed E-state index contributed by atoms with van der Waals surface area (Å²) in [7, 11) is -4.34. The zero-order chi connectivity index (χ0) is 46.0. The Morgan fingerprint density at radius 1 is 0.508 bits per heavy atom. The molecule has 5 N–H and O–H groups in total. The highest BCUT2D eigenvalue weighted by atomic mass is 31.2. The molecule has 0 fully saturated rings. The predicted molar refractivity (Wildman–Crippen MR) is 272 cm³/mol. The van der Waals surface area contributed by atoms with E-state index in [1.54, 1.807) is 6.08 Å². The first-order chi connectivity index (χ1) is 30.9.